The maximum absolute atomic E-state index is 12.5. The number of alkyl halides is 3. The van der Waals surface area contributed by atoms with Crippen LogP contribution in [0.4, 0.5) is 13.2 Å². The first-order valence-corrected chi connectivity index (χ1v) is 6.97. The molecule has 0 radical (unpaired) electrons. The van der Waals surface area contributed by atoms with E-state index in [9.17, 15) is 13.2 Å². The molecule has 0 amide bonds. The maximum atomic E-state index is 12.5. The van der Waals surface area contributed by atoms with Gasteiger partial charge < -0.3 is 10.5 Å². The van der Waals surface area contributed by atoms with Crippen LogP contribution in [-0.4, -0.2) is 12.9 Å². The summed E-state index contributed by atoms with van der Waals surface area (Å²) < 4.78 is 41.6. The van der Waals surface area contributed by atoms with Crippen molar-refractivity contribution >= 4 is 0 Å². The summed E-state index contributed by atoms with van der Waals surface area (Å²) in [5, 5.41) is 0. The van der Waals surface area contributed by atoms with Gasteiger partial charge in [0.25, 0.3) is 0 Å². The van der Waals surface area contributed by atoms with Gasteiger partial charge in [-0.05, 0) is 47.1 Å². The summed E-state index contributed by atoms with van der Waals surface area (Å²) >= 11 is 0. The Labute approximate surface area is 124 Å². The maximum Gasteiger partial charge on any atom is 0.573 e. The van der Waals surface area contributed by atoms with Gasteiger partial charge in [-0.25, -0.2) is 0 Å². The second-order valence-electron chi connectivity index (χ2n) is 6.97. The van der Waals surface area contributed by atoms with E-state index in [1.165, 1.54) is 12.1 Å². The molecule has 1 aromatic carbocycles. The smallest absolute Gasteiger partial charge is 0.406 e. The number of hydrogen-bond acceptors (Lipinski definition) is 2. The third-order valence-corrected chi connectivity index (χ3v) is 3.56. The van der Waals surface area contributed by atoms with Gasteiger partial charge in [0, 0.05) is 0 Å². The molecule has 0 unspecified atom stereocenters. The van der Waals surface area contributed by atoms with Crippen molar-refractivity contribution in [2.45, 2.75) is 58.2 Å². The average molecular weight is 303 g/mol. The lowest BCUT2D eigenvalue weighted by molar-refractivity contribution is -0.274. The van der Waals surface area contributed by atoms with Gasteiger partial charge in [-0.2, -0.15) is 0 Å². The zero-order valence-electron chi connectivity index (χ0n) is 13.3. The van der Waals surface area contributed by atoms with Gasteiger partial charge >= 0.3 is 6.36 Å². The fraction of sp³-hybridized carbons (Fsp3) is 0.625. The second-order valence-corrected chi connectivity index (χ2v) is 6.97. The van der Waals surface area contributed by atoms with Crippen molar-refractivity contribution in [3.8, 4) is 5.75 Å². The Morgan fingerprint density at radius 3 is 1.90 bits per heavy atom. The fourth-order valence-corrected chi connectivity index (χ4v) is 2.12. The van der Waals surface area contributed by atoms with E-state index >= 15 is 0 Å². The van der Waals surface area contributed by atoms with Crippen LogP contribution in [0.3, 0.4) is 0 Å². The Balaban J connectivity index is 3.34. The van der Waals surface area contributed by atoms with E-state index in [0.29, 0.717) is 13.0 Å². The molecule has 21 heavy (non-hydrogen) atoms. The molecule has 0 aliphatic heterocycles. The van der Waals surface area contributed by atoms with Crippen LogP contribution in [0.2, 0.25) is 0 Å². The lowest BCUT2D eigenvalue weighted by Crippen LogP contribution is -2.24. The zero-order chi connectivity index (χ0) is 16.5. The fourth-order valence-electron chi connectivity index (χ4n) is 2.12. The molecule has 0 saturated carbocycles. The third kappa shape index (κ3) is 5.23. The number of benzene rings is 1. The predicted molar refractivity (Wildman–Crippen MR) is 78.5 cm³/mol. The van der Waals surface area contributed by atoms with Gasteiger partial charge in [-0.3, -0.25) is 0 Å². The second kappa shape index (κ2) is 5.87. The summed E-state index contributed by atoms with van der Waals surface area (Å²) in [5.74, 6) is -0.171. The van der Waals surface area contributed by atoms with E-state index < -0.39 is 6.36 Å². The highest BCUT2D eigenvalue weighted by molar-refractivity contribution is 5.41. The summed E-state index contributed by atoms with van der Waals surface area (Å²) in [6.07, 6.45) is -4.00. The van der Waals surface area contributed by atoms with Crippen LogP contribution in [0.25, 0.3) is 0 Å². The third-order valence-electron chi connectivity index (χ3n) is 3.56. The molecule has 5 heteroatoms. The van der Waals surface area contributed by atoms with Crippen molar-refractivity contribution in [2.75, 3.05) is 6.54 Å². The van der Waals surface area contributed by atoms with Crippen LogP contribution < -0.4 is 10.5 Å². The molecule has 0 aromatic heterocycles. The Morgan fingerprint density at radius 1 is 0.952 bits per heavy atom. The molecule has 0 saturated heterocycles. The highest BCUT2D eigenvalue weighted by Gasteiger charge is 2.32. The Bertz CT molecular complexity index is 487. The van der Waals surface area contributed by atoms with Crippen LogP contribution in [0, 0.1) is 0 Å². The number of hydrogen-bond donors (Lipinski definition) is 1. The van der Waals surface area contributed by atoms with E-state index in [-0.39, 0.29) is 16.6 Å². The summed E-state index contributed by atoms with van der Waals surface area (Å²) in [4.78, 5) is 0. The Kier molecular flexibility index (Phi) is 4.98. The molecule has 1 aromatic rings. The molecule has 0 bridgehead atoms. The van der Waals surface area contributed by atoms with Gasteiger partial charge in [0.15, 0.2) is 0 Å². The van der Waals surface area contributed by atoms with Crippen LogP contribution in [-0.2, 0) is 10.8 Å². The number of rotatable bonds is 4. The minimum Gasteiger partial charge on any atom is -0.406 e. The first-order valence-electron chi connectivity index (χ1n) is 6.97. The number of nitrogens with two attached hydrogens (primary N) is 1. The number of halogens is 3. The summed E-state index contributed by atoms with van der Waals surface area (Å²) in [7, 11) is 0. The van der Waals surface area contributed by atoms with Gasteiger partial charge in [0.2, 0.25) is 0 Å². The molecule has 0 fully saturated rings. The molecular weight excluding hydrogens is 279 g/mol. The van der Waals surface area contributed by atoms with E-state index in [0.717, 1.165) is 11.1 Å². The van der Waals surface area contributed by atoms with E-state index in [1.54, 1.807) is 0 Å². The van der Waals surface area contributed by atoms with Crippen LogP contribution in [0.5, 0.6) is 5.75 Å². The van der Waals surface area contributed by atoms with Crippen molar-refractivity contribution in [1.82, 2.24) is 0 Å². The molecule has 0 spiro atoms. The molecule has 2 nitrogen and oxygen atoms in total. The molecule has 120 valence electrons. The average Bonchev–Trinajstić information content (AvgIpc) is 2.24. The van der Waals surface area contributed by atoms with Gasteiger partial charge in [0.1, 0.15) is 5.75 Å². The summed E-state index contributed by atoms with van der Waals surface area (Å²) in [5.41, 5.74) is 6.65. The largest absolute Gasteiger partial charge is 0.573 e. The molecule has 0 aliphatic carbocycles. The summed E-state index contributed by atoms with van der Waals surface area (Å²) in [6, 6.07) is 4.85. The van der Waals surface area contributed by atoms with E-state index in [1.807, 2.05) is 40.7 Å². The topological polar surface area (TPSA) is 35.2 Å². The molecule has 0 heterocycles. The normalized spacial score (nSPS) is 13.4. The Morgan fingerprint density at radius 2 is 1.48 bits per heavy atom. The van der Waals surface area contributed by atoms with Gasteiger partial charge in [-0.1, -0.05) is 40.7 Å². The van der Waals surface area contributed by atoms with Crippen molar-refractivity contribution < 1.29 is 17.9 Å². The van der Waals surface area contributed by atoms with Crippen molar-refractivity contribution in [1.29, 1.82) is 0 Å². The van der Waals surface area contributed by atoms with E-state index in [4.69, 9.17) is 5.73 Å². The minimum absolute atomic E-state index is 0.171. The highest BCUT2D eigenvalue weighted by atomic mass is 19.4. The summed E-state index contributed by atoms with van der Waals surface area (Å²) in [6.45, 7) is 10.3. The molecule has 0 aliphatic rings. The Hall–Kier alpha value is -1.23. The molecule has 0 atom stereocenters. The predicted octanol–water partition coefficient (Wildman–Crippen LogP) is 4.51. The van der Waals surface area contributed by atoms with Gasteiger partial charge in [0.05, 0.1) is 0 Å². The standard InChI is InChI=1S/C16H24F3NO/c1-14(2,3)11-8-12(15(4,5)6-7-20)10-13(9-11)21-16(17,18)19/h8-10H,6-7,20H2,1-5H3. The molecule has 2 N–H and O–H groups in total. The highest BCUT2D eigenvalue weighted by Crippen LogP contribution is 2.36. The van der Waals surface area contributed by atoms with Crippen molar-refractivity contribution in [2.24, 2.45) is 5.73 Å². The van der Waals surface area contributed by atoms with Crippen LogP contribution in [0.1, 0.15) is 52.2 Å². The van der Waals surface area contributed by atoms with Crippen molar-refractivity contribution in [3.05, 3.63) is 29.3 Å². The van der Waals surface area contributed by atoms with Crippen LogP contribution >= 0.6 is 0 Å². The van der Waals surface area contributed by atoms with Crippen molar-refractivity contribution in [3.63, 3.8) is 0 Å². The SMILES string of the molecule is CC(C)(C)c1cc(OC(F)(F)F)cc(C(C)(C)CCN)c1. The molecule has 1 rings (SSSR count). The first-order chi connectivity index (χ1) is 9.35. The minimum atomic E-state index is -4.69. The molecular formula is C16H24F3NO. The van der Waals surface area contributed by atoms with E-state index in [2.05, 4.69) is 4.74 Å². The lowest BCUT2D eigenvalue weighted by Gasteiger charge is -2.29. The van der Waals surface area contributed by atoms with Gasteiger partial charge in [-0.15, -0.1) is 13.2 Å². The first kappa shape index (κ1) is 17.8. The quantitative estimate of drug-likeness (QED) is 0.888. The zero-order valence-corrected chi connectivity index (χ0v) is 13.3. The lowest BCUT2D eigenvalue weighted by atomic mass is 9.78. The number of ether oxygens (including phenoxy) is 1. The van der Waals surface area contributed by atoms with Crippen LogP contribution in [0.15, 0.2) is 18.2 Å². The monoisotopic (exact) mass is 303 g/mol.